The van der Waals surface area contributed by atoms with Crippen molar-refractivity contribution in [3.05, 3.63) is 115 Å². The Kier molecular flexibility index (Phi) is 4.53. The second kappa shape index (κ2) is 7.28. The van der Waals surface area contributed by atoms with Gasteiger partial charge in [0, 0.05) is 17.1 Å². The topological polar surface area (TPSA) is 3.24 Å². The predicted octanol–water partition coefficient (Wildman–Crippen LogP) is 6.93. The van der Waals surface area contributed by atoms with Crippen LogP contribution in [0.15, 0.2) is 103 Å². The molecule has 0 unspecified atom stereocenters. The summed E-state index contributed by atoms with van der Waals surface area (Å²) in [5.41, 5.74) is 7.05. The molecule has 1 nitrogen and oxygen atoms in total. The summed E-state index contributed by atoms with van der Waals surface area (Å²) in [5.74, 6) is 0. The van der Waals surface area contributed by atoms with Crippen molar-refractivity contribution in [2.45, 2.75) is 6.92 Å². The highest BCUT2D eigenvalue weighted by Crippen LogP contribution is 2.35. The lowest BCUT2D eigenvalue weighted by molar-refractivity contribution is 1.28. The molecule has 4 aromatic rings. The number of aryl methyl sites for hydroxylation is 1. The lowest BCUT2D eigenvalue weighted by Gasteiger charge is -2.25. The largest absolute Gasteiger partial charge is 0.311 e. The number of anilines is 3. The Labute approximate surface area is 155 Å². The zero-order chi connectivity index (χ0) is 17.8. The molecule has 0 heterocycles. The third-order valence-corrected chi connectivity index (χ3v) is 4.53. The van der Waals surface area contributed by atoms with Gasteiger partial charge in [0.25, 0.3) is 0 Å². The van der Waals surface area contributed by atoms with E-state index in [0.717, 1.165) is 17.1 Å². The molecule has 4 rings (SSSR count). The number of hydrogen-bond acceptors (Lipinski definition) is 1. The molecule has 0 saturated carbocycles. The van der Waals surface area contributed by atoms with Crippen molar-refractivity contribution in [3.8, 4) is 11.1 Å². The van der Waals surface area contributed by atoms with Crippen LogP contribution in [0.3, 0.4) is 0 Å². The van der Waals surface area contributed by atoms with Crippen molar-refractivity contribution >= 4 is 17.1 Å². The molecule has 4 aromatic carbocycles. The first-order valence-corrected chi connectivity index (χ1v) is 8.81. The van der Waals surface area contributed by atoms with Crippen molar-refractivity contribution in [3.63, 3.8) is 0 Å². The summed E-state index contributed by atoms with van der Waals surface area (Å²) >= 11 is 0. The van der Waals surface area contributed by atoms with E-state index in [9.17, 15) is 0 Å². The van der Waals surface area contributed by atoms with Gasteiger partial charge in [-0.2, -0.15) is 0 Å². The molecule has 0 N–H and O–H groups in total. The van der Waals surface area contributed by atoms with Crippen molar-refractivity contribution < 1.29 is 0 Å². The standard InChI is InChI=1S/C25H20N/c1-20-10-8-9-15-25(20)21-16-18-24(19-17-21)26(22-11-4-2-5-12-22)23-13-6-3-7-14-23/h2-9,11-19H,1H3. The van der Waals surface area contributed by atoms with E-state index in [1.807, 2.05) is 24.3 Å². The summed E-state index contributed by atoms with van der Waals surface area (Å²) in [6.07, 6.45) is 0. The van der Waals surface area contributed by atoms with Gasteiger partial charge in [-0.15, -0.1) is 0 Å². The zero-order valence-corrected chi connectivity index (χ0v) is 14.8. The van der Waals surface area contributed by atoms with E-state index in [4.69, 9.17) is 0 Å². The van der Waals surface area contributed by atoms with E-state index in [0.29, 0.717) is 0 Å². The molecule has 1 heteroatoms. The van der Waals surface area contributed by atoms with Gasteiger partial charge in [-0.05, 0) is 66.1 Å². The molecule has 125 valence electrons. The molecule has 0 aromatic heterocycles. The highest BCUT2D eigenvalue weighted by Gasteiger charge is 2.12. The van der Waals surface area contributed by atoms with Crippen molar-refractivity contribution in [1.82, 2.24) is 0 Å². The first-order chi connectivity index (χ1) is 12.8. The zero-order valence-electron chi connectivity index (χ0n) is 14.8. The second-order valence-corrected chi connectivity index (χ2v) is 6.26. The smallest absolute Gasteiger partial charge is 0.0462 e. The van der Waals surface area contributed by atoms with Crippen LogP contribution in [0.2, 0.25) is 0 Å². The van der Waals surface area contributed by atoms with Gasteiger partial charge in [0.2, 0.25) is 0 Å². The third-order valence-electron chi connectivity index (χ3n) is 4.53. The number of para-hydroxylation sites is 2. The number of nitrogens with zero attached hydrogens (tertiary/aromatic N) is 1. The Morgan fingerprint density at radius 3 is 1.65 bits per heavy atom. The van der Waals surface area contributed by atoms with Gasteiger partial charge in [-0.1, -0.05) is 66.7 Å². The van der Waals surface area contributed by atoms with Gasteiger partial charge in [0.15, 0.2) is 0 Å². The fraction of sp³-hybridized carbons (Fsp3) is 0.0400. The molecule has 0 atom stereocenters. The van der Waals surface area contributed by atoms with E-state index in [1.54, 1.807) is 0 Å². The molecule has 0 spiro atoms. The quantitative estimate of drug-likeness (QED) is 0.391. The van der Waals surface area contributed by atoms with E-state index < -0.39 is 0 Å². The minimum atomic E-state index is 1.14. The highest BCUT2D eigenvalue weighted by molar-refractivity contribution is 5.78. The van der Waals surface area contributed by atoms with Crippen LogP contribution in [0.25, 0.3) is 11.1 Å². The SMILES string of the molecule is Cc1[c]cccc1-c1ccc(N(c2ccccc2)c2ccccc2)cc1. The fourth-order valence-corrected chi connectivity index (χ4v) is 3.22. The monoisotopic (exact) mass is 334 g/mol. The third kappa shape index (κ3) is 3.25. The minimum absolute atomic E-state index is 1.14. The Morgan fingerprint density at radius 1 is 0.577 bits per heavy atom. The van der Waals surface area contributed by atoms with Crippen LogP contribution in [0.4, 0.5) is 17.1 Å². The molecule has 26 heavy (non-hydrogen) atoms. The van der Waals surface area contributed by atoms with Gasteiger partial charge >= 0.3 is 0 Å². The summed E-state index contributed by atoms with van der Waals surface area (Å²) in [6.45, 7) is 2.10. The number of rotatable bonds is 4. The van der Waals surface area contributed by atoms with Crippen LogP contribution in [0.1, 0.15) is 5.56 Å². The number of hydrogen-bond donors (Lipinski definition) is 0. The Balaban J connectivity index is 1.76. The highest BCUT2D eigenvalue weighted by atomic mass is 15.1. The summed E-state index contributed by atoms with van der Waals surface area (Å²) < 4.78 is 0. The maximum absolute atomic E-state index is 3.28. The molecule has 0 bridgehead atoms. The first-order valence-electron chi connectivity index (χ1n) is 8.81. The molecule has 0 aliphatic carbocycles. The van der Waals surface area contributed by atoms with E-state index in [2.05, 4.69) is 96.8 Å². The Hall–Kier alpha value is -3.32. The second-order valence-electron chi connectivity index (χ2n) is 6.26. The van der Waals surface area contributed by atoms with Crippen LogP contribution in [-0.4, -0.2) is 0 Å². The van der Waals surface area contributed by atoms with Gasteiger partial charge in [-0.25, -0.2) is 0 Å². The first kappa shape index (κ1) is 16.2. The molecule has 0 aliphatic heterocycles. The number of benzene rings is 4. The van der Waals surface area contributed by atoms with Crippen LogP contribution < -0.4 is 4.90 Å². The van der Waals surface area contributed by atoms with Crippen LogP contribution in [-0.2, 0) is 0 Å². The molecular weight excluding hydrogens is 314 g/mol. The Bertz CT molecular complexity index is 934. The normalized spacial score (nSPS) is 10.5. The van der Waals surface area contributed by atoms with Crippen LogP contribution >= 0.6 is 0 Å². The summed E-state index contributed by atoms with van der Waals surface area (Å²) in [5, 5.41) is 0. The van der Waals surface area contributed by atoms with Crippen molar-refractivity contribution in [2.24, 2.45) is 0 Å². The predicted molar refractivity (Wildman–Crippen MR) is 110 cm³/mol. The van der Waals surface area contributed by atoms with Crippen molar-refractivity contribution in [1.29, 1.82) is 0 Å². The maximum atomic E-state index is 3.28. The summed E-state index contributed by atoms with van der Waals surface area (Å²) in [6, 6.07) is 39.1. The molecule has 1 radical (unpaired) electrons. The molecule has 0 aliphatic rings. The fourth-order valence-electron chi connectivity index (χ4n) is 3.22. The molecule has 0 fully saturated rings. The van der Waals surface area contributed by atoms with Crippen molar-refractivity contribution in [2.75, 3.05) is 4.90 Å². The van der Waals surface area contributed by atoms with E-state index in [-0.39, 0.29) is 0 Å². The van der Waals surface area contributed by atoms with E-state index >= 15 is 0 Å². The van der Waals surface area contributed by atoms with Gasteiger partial charge < -0.3 is 4.90 Å². The van der Waals surface area contributed by atoms with Gasteiger partial charge in [-0.3, -0.25) is 0 Å². The average Bonchev–Trinajstić information content (AvgIpc) is 2.71. The van der Waals surface area contributed by atoms with Crippen LogP contribution in [0.5, 0.6) is 0 Å². The van der Waals surface area contributed by atoms with Gasteiger partial charge in [0.05, 0.1) is 0 Å². The lowest BCUT2D eigenvalue weighted by Crippen LogP contribution is -2.09. The molecule has 0 saturated heterocycles. The summed E-state index contributed by atoms with van der Waals surface area (Å²) in [4.78, 5) is 2.27. The lowest BCUT2D eigenvalue weighted by atomic mass is 10.0. The van der Waals surface area contributed by atoms with Crippen LogP contribution in [0, 0.1) is 13.0 Å². The van der Waals surface area contributed by atoms with E-state index in [1.165, 1.54) is 16.7 Å². The molecular formula is C25H20N. The molecule has 0 amide bonds. The Morgan fingerprint density at radius 2 is 1.12 bits per heavy atom. The summed E-state index contributed by atoms with van der Waals surface area (Å²) in [7, 11) is 0. The maximum Gasteiger partial charge on any atom is 0.0462 e. The average molecular weight is 334 g/mol. The minimum Gasteiger partial charge on any atom is -0.311 e. The van der Waals surface area contributed by atoms with Gasteiger partial charge in [0.1, 0.15) is 0 Å².